The van der Waals surface area contributed by atoms with Gasteiger partial charge in [0.25, 0.3) is 0 Å². The molecule has 0 aliphatic carbocycles. The molecule has 2 aliphatic heterocycles. The topological polar surface area (TPSA) is 62.2 Å². The van der Waals surface area contributed by atoms with Crippen LogP contribution in [0, 0.1) is 0 Å². The number of carbonyl (C=O) groups excluding carboxylic acids is 2. The smallest absolute Gasteiger partial charge is 0.315 e. The van der Waals surface area contributed by atoms with Crippen LogP contribution in [-0.2, 0) is 15.0 Å². The van der Waals surface area contributed by atoms with E-state index in [2.05, 4.69) is 13.8 Å². The number of anilines is 1. The van der Waals surface area contributed by atoms with Crippen LogP contribution in [0.15, 0.2) is 65.7 Å². The maximum Gasteiger partial charge on any atom is 0.315 e. The number of aliphatic imine (C=N–C) groups is 1. The molecular weight excluding hydrogens is 452 g/mol. The Morgan fingerprint density at radius 1 is 0.971 bits per heavy atom. The molecule has 0 amide bonds. The van der Waals surface area contributed by atoms with Crippen molar-refractivity contribution < 1.29 is 23.1 Å². The lowest BCUT2D eigenvalue weighted by molar-refractivity contribution is -0.133. The third-order valence-electron chi connectivity index (χ3n) is 7.00. The molecule has 1 spiro atoms. The summed E-state index contributed by atoms with van der Waals surface area (Å²) in [4.78, 5) is 30.2. The number of benzene rings is 3. The van der Waals surface area contributed by atoms with E-state index in [-0.39, 0.29) is 13.1 Å². The molecule has 8 heteroatoms. The molecule has 0 aromatic heterocycles. The fourth-order valence-corrected chi connectivity index (χ4v) is 5.25. The number of fused-ring (bicyclic) bond motifs is 4. The van der Waals surface area contributed by atoms with E-state index in [1.165, 1.54) is 0 Å². The van der Waals surface area contributed by atoms with Crippen molar-refractivity contribution in [1.82, 2.24) is 4.90 Å². The molecular formula is C27H25F2N3O3. The largest absolute Gasteiger partial charge is 0.459 e. The summed E-state index contributed by atoms with van der Waals surface area (Å²) < 4.78 is 33.0. The van der Waals surface area contributed by atoms with Crippen LogP contribution >= 0.6 is 0 Å². The Morgan fingerprint density at radius 2 is 1.66 bits per heavy atom. The third-order valence-corrected chi connectivity index (χ3v) is 7.00. The summed E-state index contributed by atoms with van der Waals surface area (Å²) in [5.74, 6) is 0.631. The normalized spacial score (nSPS) is 19.6. The number of para-hydroxylation sites is 1. The van der Waals surface area contributed by atoms with Crippen LogP contribution in [0.1, 0.15) is 19.4 Å². The number of ether oxygens (including phenoxy) is 1. The quantitative estimate of drug-likeness (QED) is 0.461. The molecule has 3 aromatic carbocycles. The molecule has 5 rings (SSSR count). The van der Waals surface area contributed by atoms with Gasteiger partial charge in [0.05, 0.1) is 24.7 Å². The fraction of sp³-hybridized carbons (Fsp3) is 0.296. The highest BCUT2D eigenvalue weighted by Crippen LogP contribution is 2.54. The molecule has 0 fully saturated rings. The van der Waals surface area contributed by atoms with E-state index in [0.29, 0.717) is 5.75 Å². The van der Waals surface area contributed by atoms with E-state index in [9.17, 15) is 18.4 Å². The summed E-state index contributed by atoms with van der Waals surface area (Å²) >= 11 is 0. The van der Waals surface area contributed by atoms with Gasteiger partial charge in [0.2, 0.25) is 5.72 Å². The molecule has 2 heterocycles. The number of hydrogen-bond donors (Lipinski definition) is 0. The van der Waals surface area contributed by atoms with Crippen LogP contribution in [-0.4, -0.2) is 55.1 Å². The van der Waals surface area contributed by atoms with E-state index < -0.39 is 36.3 Å². The summed E-state index contributed by atoms with van der Waals surface area (Å²) in [7, 11) is 0. The SMILES string of the molecule is CC1(C)c2ccccc2N(CCN(CC(=O)F)CC(=O)F)C12C=Nc1c(ccc3ccccc13)O2. The van der Waals surface area contributed by atoms with Gasteiger partial charge in [0.1, 0.15) is 11.4 Å². The van der Waals surface area contributed by atoms with Crippen LogP contribution in [0.25, 0.3) is 10.8 Å². The first-order chi connectivity index (χ1) is 16.7. The number of hydrogen-bond acceptors (Lipinski definition) is 6. The zero-order valence-electron chi connectivity index (χ0n) is 19.5. The Kier molecular flexibility index (Phi) is 5.63. The molecule has 6 nitrogen and oxygen atoms in total. The van der Waals surface area contributed by atoms with E-state index in [1.54, 1.807) is 6.21 Å². The number of carbonyl (C=O) groups is 2. The van der Waals surface area contributed by atoms with E-state index in [0.717, 1.165) is 32.6 Å². The van der Waals surface area contributed by atoms with E-state index in [4.69, 9.17) is 9.73 Å². The average Bonchev–Trinajstić information content (AvgIpc) is 2.99. The molecule has 0 radical (unpaired) electrons. The van der Waals surface area contributed by atoms with Crippen molar-refractivity contribution in [1.29, 1.82) is 0 Å². The lowest BCUT2D eigenvalue weighted by atomic mass is 9.77. The van der Waals surface area contributed by atoms with Crippen molar-refractivity contribution in [2.75, 3.05) is 31.1 Å². The van der Waals surface area contributed by atoms with Crippen molar-refractivity contribution in [2.24, 2.45) is 4.99 Å². The third kappa shape index (κ3) is 3.78. The highest BCUT2D eigenvalue weighted by Gasteiger charge is 2.59. The fourth-order valence-electron chi connectivity index (χ4n) is 5.25. The second-order valence-electron chi connectivity index (χ2n) is 9.40. The van der Waals surface area contributed by atoms with Gasteiger partial charge in [-0.1, -0.05) is 48.5 Å². The van der Waals surface area contributed by atoms with Gasteiger partial charge in [-0.25, -0.2) is 0 Å². The van der Waals surface area contributed by atoms with Gasteiger partial charge in [0, 0.05) is 24.2 Å². The maximum atomic E-state index is 13.1. The zero-order chi connectivity index (χ0) is 24.8. The molecule has 35 heavy (non-hydrogen) atoms. The highest BCUT2D eigenvalue weighted by molar-refractivity contribution is 5.99. The second kappa shape index (κ2) is 8.53. The Hall–Kier alpha value is -3.65. The first kappa shape index (κ1) is 23.1. The Morgan fingerprint density at radius 3 is 2.40 bits per heavy atom. The summed E-state index contributed by atoms with van der Waals surface area (Å²) in [6.45, 7) is 3.13. The molecule has 0 bridgehead atoms. The minimum Gasteiger partial charge on any atom is -0.459 e. The van der Waals surface area contributed by atoms with Crippen molar-refractivity contribution in [2.45, 2.75) is 25.0 Å². The van der Waals surface area contributed by atoms with Gasteiger partial charge in [0.15, 0.2) is 0 Å². The molecule has 0 N–H and O–H groups in total. The lowest BCUT2D eigenvalue weighted by Crippen LogP contribution is -2.63. The van der Waals surface area contributed by atoms with Crippen LogP contribution in [0.5, 0.6) is 5.75 Å². The van der Waals surface area contributed by atoms with Crippen LogP contribution in [0.4, 0.5) is 20.2 Å². The zero-order valence-corrected chi connectivity index (χ0v) is 19.5. The van der Waals surface area contributed by atoms with E-state index in [1.807, 2.05) is 65.6 Å². The standard InChI is InChI=1S/C27H25F2N3O3/c1-26(2)20-9-5-6-10-21(20)32(14-13-31(15-23(28)33)16-24(29)34)27(26)17-30-25-19-8-4-3-7-18(19)11-12-22(25)35-27/h3-12,17H,13-16H2,1-2H3. The monoisotopic (exact) mass is 477 g/mol. The predicted molar refractivity (Wildman–Crippen MR) is 131 cm³/mol. The highest BCUT2D eigenvalue weighted by atomic mass is 19.1. The molecule has 1 unspecified atom stereocenters. The van der Waals surface area contributed by atoms with Gasteiger partial charge >= 0.3 is 12.1 Å². The first-order valence-electron chi connectivity index (χ1n) is 11.4. The molecule has 2 aliphatic rings. The Balaban J connectivity index is 1.56. The molecule has 180 valence electrons. The summed E-state index contributed by atoms with van der Waals surface area (Å²) in [6.07, 6.45) is 1.80. The molecule has 0 saturated heterocycles. The molecule has 0 saturated carbocycles. The molecule has 1 atom stereocenters. The minimum absolute atomic E-state index is 0.0687. The Bertz CT molecular complexity index is 1340. The van der Waals surface area contributed by atoms with Crippen LogP contribution in [0.3, 0.4) is 0 Å². The number of rotatable bonds is 7. The second-order valence-corrected chi connectivity index (χ2v) is 9.40. The minimum atomic E-state index is -1.63. The average molecular weight is 478 g/mol. The first-order valence-corrected chi connectivity index (χ1v) is 11.4. The number of nitrogens with zero attached hydrogens (tertiary/aromatic N) is 3. The summed E-state index contributed by atoms with van der Waals surface area (Å²) in [6, 6.07) is 16.4. The number of halogens is 2. The predicted octanol–water partition coefficient (Wildman–Crippen LogP) is 4.72. The summed E-state index contributed by atoms with van der Waals surface area (Å²) in [5, 5.41) is 2.03. The van der Waals surface area contributed by atoms with Crippen molar-refractivity contribution in [3.05, 3.63) is 66.2 Å². The van der Waals surface area contributed by atoms with Crippen molar-refractivity contribution in [3.63, 3.8) is 0 Å². The van der Waals surface area contributed by atoms with Gasteiger partial charge in [-0.2, -0.15) is 8.78 Å². The molecule has 3 aromatic rings. The van der Waals surface area contributed by atoms with Crippen molar-refractivity contribution in [3.8, 4) is 5.75 Å². The van der Waals surface area contributed by atoms with Gasteiger partial charge in [-0.05, 0) is 36.9 Å². The summed E-state index contributed by atoms with van der Waals surface area (Å²) in [5.41, 5.74) is 1.09. The van der Waals surface area contributed by atoms with Gasteiger partial charge < -0.3 is 9.64 Å². The van der Waals surface area contributed by atoms with Gasteiger partial charge in [-0.15, -0.1) is 0 Å². The van der Waals surface area contributed by atoms with Crippen molar-refractivity contribution >= 4 is 40.4 Å². The van der Waals surface area contributed by atoms with Crippen LogP contribution < -0.4 is 9.64 Å². The van der Waals surface area contributed by atoms with Crippen LogP contribution in [0.2, 0.25) is 0 Å². The Labute approximate surface area is 201 Å². The van der Waals surface area contributed by atoms with E-state index >= 15 is 0 Å². The van der Waals surface area contributed by atoms with Gasteiger partial charge in [-0.3, -0.25) is 19.5 Å². The maximum absolute atomic E-state index is 13.1. The lowest BCUT2D eigenvalue weighted by Gasteiger charge is -2.46.